The third kappa shape index (κ3) is 6.65. The molecule has 1 amide bonds. The third-order valence-corrected chi connectivity index (χ3v) is 5.95. The standard InChI is InChI=1S/C32H28N2O3/c1-3-6-28-17-24(18-29(20-33)32(35)34-21-23-10-14-30(36-2)15-11-23)12-16-31(28)37-22-25-9-13-26-7-4-5-8-27(26)19-25/h3-5,7-19H,1,6,21-22H2,2H3,(H,34,35)/b29-18-. The molecule has 0 atom stereocenters. The van der Waals surface area contributed by atoms with Crippen molar-refractivity contribution >= 4 is 22.8 Å². The van der Waals surface area contributed by atoms with Crippen LogP contribution in [-0.4, -0.2) is 13.0 Å². The molecule has 0 fully saturated rings. The number of allylic oxidation sites excluding steroid dienone is 1. The first kappa shape index (κ1) is 25.3. The van der Waals surface area contributed by atoms with Gasteiger partial charge >= 0.3 is 0 Å². The van der Waals surface area contributed by atoms with E-state index in [2.05, 4.69) is 42.2 Å². The van der Waals surface area contributed by atoms with E-state index >= 15 is 0 Å². The molecule has 0 bridgehead atoms. The summed E-state index contributed by atoms with van der Waals surface area (Å²) in [6, 6.07) is 29.5. The molecule has 37 heavy (non-hydrogen) atoms. The summed E-state index contributed by atoms with van der Waals surface area (Å²) in [5, 5.41) is 14.8. The monoisotopic (exact) mass is 488 g/mol. The molecule has 184 valence electrons. The maximum Gasteiger partial charge on any atom is 0.262 e. The molecular weight excluding hydrogens is 460 g/mol. The molecular formula is C32H28N2O3. The summed E-state index contributed by atoms with van der Waals surface area (Å²) >= 11 is 0. The van der Waals surface area contributed by atoms with Gasteiger partial charge in [0.15, 0.2) is 0 Å². The van der Waals surface area contributed by atoms with Crippen molar-refractivity contribution < 1.29 is 14.3 Å². The van der Waals surface area contributed by atoms with Gasteiger partial charge in [0.1, 0.15) is 29.7 Å². The van der Waals surface area contributed by atoms with E-state index in [0.29, 0.717) is 19.6 Å². The predicted molar refractivity (Wildman–Crippen MR) is 147 cm³/mol. The van der Waals surface area contributed by atoms with Crippen LogP contribution in [0.15, 0.2) is 103 Å². The van der Waals surface area contributed by atoms with Crippen molar-refractivity contribution in [3.05, 3.63) is 125 Å². The molecule has 0 unspecified atom stereocenters. The van der Waals surface area contributed by atoms with Crippen LogP contribution in [0.4, 0.5) is 0 Å². The minimum Gasteiger partial charge on any atom is -0.497 e. The van der Waals surface area contributed by atoms with Crippen LogP contribution in [-0.2, 0) is 24.4 Å². The van der Waals surface area contributed by atoms with Crippen molar-refractivity contribution in [2.45, 2.75) is 19.6 Å². The van der Waals surface area contributed by atoms with Crippen molar-refractivity contribution in [3.63, 3.8) is 0 Å². The van der Waals surface area contributed by atoms with Crippen molar-refractivity contribution in [2.24, 2.45) is 0 Å². The number of nitriles is 1. The minimum absolute atomic E-state index is 0.0305. The normalized spacial score (nSPS) is 11.0. The van der Waals surface area contributed by atoms with Crippen LogP contribution >= 0.6 is 0 Å². The SMILES string of the molecule is C=CCc1cc(/C=C(/C#N)C(=O)NCc2ccc(OC)cc2)ccc1OCc1ccc2ccccc2c1. The van der Waals surface area contributed by atoms with E-state index in [0.717, 1.165) is 33.8 Å². The lowest BCUT2D eigenvalue weighted by molar-refractivity contribution is -0.117. The van der Waals surface area contributed by atoms with Crippen LogP contribution < -0.4 is 14.8 Å². The second-order valence-electron chi connectivity index (χ2n) is 8.53. The Morgan fingerprint density at radius 2 is 1.73 bits per heavy atom. The van der Waals surface area contributed by atoms with Crippen molar-refractivity contribution in [3.8, 4) is 17.6 Å². The molecule has 1 N–H and O–H groups in total. The molecule has 0 spiro atoms. The zero-order chi connectivity index (χ0) is 26.0. The van der Waals surface area contributed by atoms with E-state index in [1.807, 2.05) is 60.7 Å². The first-order chi connectivity index (χ1) is 18.1. The highest BCUT2D eigenvalue weighted by Crippen LogP contribution is 2.25. The summed E-state index contributed by atoms with van der Waals surface area (Å²) in [4.78, 5) is 12.6. The van der Waals surface area contributed by atoms with Crippen LogP contribution in [0.25, 0.3) is 16.8 Å². The van der Waals surface area contributed by atoms with E-state index < -0.39 is 5.91 Å². The fourth-order valence-electron chi connectivity index (χ4n) is 3.97. The number of ether oxygens (including phenoxy) is 2. The largest absolute Gasteiger partial charge is 0.497 e. The molecule has 4 aromatic rings. The molecule has 0 aliphatic carbocycles. The average molecular weight is 489 g/mol. The number of carbonyl (C=O) groups excluding carboxylic acids is 1. The van der Waals surface area contributed by atoms with Gasteiger partial charge < -0.3 is 14.8 Å². The van der Waals surface area contributed by atoms with Crippen LogP contribution in [0, 0.1) is 11.3 Å². The van der Waals surface area contributed by atoms with Crippen LogP contribution in [0.2, 0.25) is 0 Å². The molecule has 0 aromatic heterocycles. The minimum atomic E-state index is -0.430. The maximum absolute atomic E-state index is 12.6. The van der Waals surface area contributed by atoms with Gasteiger partial charge in [-0.2, -0.15) is 5.26 Å². The summed E-state index contributed by atoms with van der Waals surface area (Å²) < 4.78 is 11.3. The summed E-state index contributed by atoms with van der Waals surface area (Å²) in [6.45, 7) is 4.60. The van der Waals surface area contributed by atoms with Crippen LogP contribution in [0.3, 0.4) is 0 Å². The first-order valence-electron chi connectivity index (χ1n) is 12.0. The lowest BCUT2D eigenvalue weighted by atomic mass is 10.0. The quantitative estimate of drug-likeness (QED) is 0.160. The Kier molecular flexibility index (Phi) is 8.36. The highest BCUT2D eigenvalue weighted by atomic mass is 16.5. The Hall–Kier alpha value is -4.82. The van der Waals surface area contributed by atoms with Crippen LogP contribution in [0.1, 0.15) is 22.3 Å². The van der Waals surface area contributed by atoms with Gasteiger partial charge in [-0.05, 0) is 75.9 Å². The number of hydrogen-bond acceptors (Lipinski definition) is 4. The Morgan fingerprint density at radius 1 is 0.973 bits per heavy atom. The molecule has 0 aliphatic rings. The molecule has 0 saturated heterocycles. The zero-order valence-electron chi connectivity index (χ0n) is 20.7. The Balaban J connectivity index is 1.45. The highest BCUT2D eigenvalue weighted by molar-refractivity contribution is 6.01. The number of amides is 1. The third-order valence-electron chi connectivity index (χ3n) is 5.95. The van der Waals surface area contributed by atoms with Crippen molar-refractivity contribution in [1.29, 1.82) is 5.26 Å². The van der Waals surface area contributed by atoms with Crippen molar-refractivity contribution in [2.75, 3.05) is 7.11 Å². The molecule has 4 rings (SSSR count). The number of methoxy groups -OCH3 is 1. The van der Waals surface area contributed by atoms with Gasteiger partial charge in [0.25, 0.3) is 5.91 Å². The number of nitrogens with zero attached hydrogens (tertiary/aromatic N) is 1. The predicted octanol–water partition coefficient (Wildman–Crippen LogP) is 6.38. The Bertz CT molecular complexity index is 1480. The van der Waals surface area contributed by atoms with Crippen molar-refractivity contribution in [1.82, 2.24) is 5.32 Å². The van der Waals surface area contributed by atoms with Gasteiger partial charge in [-0.15, -0.1) is 6.58 Å². The van der Waals surface area contributed by atoms with Gasteiger partial charge in [0.05, 0.1) is 7.11 Å². The molecule has 5 heteroatoms. The smallest absolute Gasteiger partial charge is 0.262 e. The van der Waals surface area contributed by atoms with E-state index in [9.17, 15) is 10.1 Å². The zero-order valence-corrected chi connectivity index (χ0v) is 20.7. The van der Waals surface area contributed by atoms with E-state index in [-0.39, 0.29) is 5.57 Å². The lowest BCUT2D eigenvalue weighted by Crippen LogP contribution is -2.23. The van der Waals surface area contributed by atoms with Gasteiger partial charge in [-0.25, -0.2) is 0 Å². The first-order valence-corrected chi connectivity index (χ1v) is 12.0. The summed E-state index contributed by atoms with van der Waals surface area (Å²) in [6.07, 6.45) is 3.99. The molecule has 0 aliphatic heterocycles. The molecule has 5 nitrogen and oxygen atoms in total. The Labute approximate surface area is 217 Å². The second-order valence-corrected chi connectivity index (χ2v) is 8.53. The molecule has 0 saturated carbocycles. The summed E-state index contributed by atoms with van der Waals surface area (Å²) in [5.74, 6) is 1.06. The fourth-order valence-corrected chi connectivity index (χ4v) is 3.97. The maximum atomic E-state index is 12.6. The van der Waals surface area contributed by atoms with Gasteiger partial charge in [-0.3, -0.25) is 4.79 Å². The van der Waals surface area contributed by atoms with Gasteiger partial charge in [0.2, 0.25) is 0 Å². The summed E-state index contributed by atoms with van der Waals surface area (Å²) in [5.41, 5.74) is 3.69. The molecule has 0 radical (unpaired) electrons. The van der Waals surface area contributed by atoms with E-state index in [1.54, 1.807) is 19.3 Å². The number of rotatable bonds is 10. The summed E-state index contributed by atoms with van der Waals surface area (Å²) in [7, 11) is 1.60. The number of carbonyl (C=O) groups is 1. The lowest BCUT2D eigenvalue weighted by Gasteiger charge is -2.12. The number of hydrogen-bond donors (Lipinski definition) is 1. The fraction of sp³-hybridized carbons (Fsp3) is 0.125. The van der Waals surface area contributed by atoms with E-state index in [4.69, 9.17) is 9.47 Å². The second kappa shape index (κ2) is 12.2. The topological polar surface area (TPSA) is 71.4 Å². The molecule has 4 aromatic carbocycles. The molecule has 0 heterocycles. The number of fused-ring (bicyclic) bond motifs is 1. The van der Waals surface area contributed by atoms with Gasteiger partial charge in [-0.1, -0.05) is 60.7 Å². The average Bonchev–Trinajstić information content (AvgIpc) is 2.94. The Morgan fingerprint density at radius 3 is 2.46 bits per heavy atom. The van der Waals surface area contributed by atoms with E-state index in [1.165, 1.54) is 10.8 Å². The highest BCUT2D eigenvalue weighted by Gasteiger charge is 2.11. The van der Waals surface area contributed by atoms with Crippen LogP contribution in [0.5, 0.6) is 11.5 Å². The van der Waals surface area contributed by atoms with Gasteiger partial charge in [0, 0.05) is 6.54 Å². The number of benzene rings is 4. The number of nitrogens with one attached hydrogen (secondary N) is 1.